The number of thiol groups is 1. The highest BCUT2D eigenvalue weighted by Crippen LogP contribution is 2.08. The van der Waals surface area contributed by atoms with Crippen molar-refractivity contribution in [3.63, 3.8) is 0 Å². The Balaban J connectivity index is 3.09. The smallest absolute Gasteiger partial charge is 0.305 e. The first-order valence-electron chi connectivity index (χ1n) is 6.57. The van der Waals surface area contributed by atoms with Crippen LogP contribution in [0.25, 0.3) is 0 Å². The monoisotopic (exact) mass is 246 g/mol. The molecular formula is C13H26O2S. The molecular weight excluding hydrogens is 220 g/mol. The van der Waals surface area contributed by atoms with Gasteiger partial charge in [0.1, 0.15) is 0 Å². The molecule has 0 unspecified atom stereocenters. The minimum Gasteiger partial charge on any atom is -0.466 e. The van der Waals surface area contributed by atoms with Crippen LogP contribution in [0.1, 0.15) is 64.7 Å². The lowest BCUT2D eigenvalue weighted by Crippen LogP contribution is -2.05. The van der Waals surface area contributed by atoms with Crippen molar-refractivity contribution in [2.75, 3.05) is 12.4 Å². The molecule has 0 aromatic carbocycles. The molecule has 0 N–H and O–H groups in total. The normalized spacial score (nSPS) is 10.4. The molecule has 0 heterocycles. The quantitative estimate of drug-likeness (QED) is 0.339. The summed E-state index contributed by atoms with van der Waals surface area (Å²) in [5, 5.41) is 0. The van der Waals surface area contributed by atoms with E-state index in [1.165, 1.54) is 32.1 Å². The summed E-state index contributed by atoms with van der Waals surface area (Å²) in [5.74, 6) is 0.736. The summed E-state index contributed by atoms with van der Waals surface area (Å²) in [5.41, 5.74) is 0. The third-order valence-electron chi connectivity index (χ3n) is 2.55. The lowest BCUT2D eigenvalue weighted by molar-refractivity contribution is -0.143. The van der Waals surface area contributed by atoms with Gasteiger partial charge in [0.2, 0.25) is 0 Å². The Kier molecular flexibility index (Phi) is 12.7. The van der Waals surface area contributed by atoms with E-state index in [0.717, 1.165) is 25.0 Å². The molecule has 0 bridgehead atoms. The first-order chi connectivity index (χ1) is 7.81. The van der Waals surface area contributed by atoms with Gasteiger partial charge in [0, 0.05) is 6.42 Å². The van der Waals surface area contributed by atoms with Crippen molar-refractivity contribution in [1.29, 1.82) is 0 Å². The molecule has 16 heavy (non-hydrogen) atoms. The number of hydrogen-bond acceptors (Lipinski definition) is 3. The molecule has 0 atom stereocenters. The third kappa shape index (κ3) is 11.9. The summed E-state index contributed by atoms with van der Waals surface area (Å²) in [6.45, 7) is 2.75. The average molecular weight is 246 g/mol. The molecule has 96 valence electrons. The zero-order valence-electron chi connectivity index (χ0n) is 10.5. The van der Waals surface area contributed by atoms with E-state index in [-0.39, 0.29) is 5.97 Å². The second-order valence-corrected chi connectivity index (χ2v) is 4.62. The highest BCUT2D eigenvalue weighted by atomic mass is 32.1. The maximum Gasteiger partial charge on any atom is 0.305 e. The minimum atomic E-state index is -0.0460. The van der Waals surface area contributed by atoms with Crippen molar-refractivity contribution in [3.05, 3.63) is 0 Å². The van der Waals surface area contributed by atoms with Gasteiger partial charge in [-0.25, -0.2) is 0 Å². The minimum absolute atomic E-state index is 0.0460. The van der Waals surface area contributed by atoms with Crippen molar-refractivity contribution in [2.45, 2.75) is 64.7 Å². The van der Waals surface area contributed by atoms with Gasteiger partial charge < -0.3 is 4.74 Å². The maximum absolute atomic E-state index is 11.2. The van der Waals surface area contributed by atoms with Crippen LogP contribution in [0, 0.1) is 0 Å². The van der Waals surface area contributed by atoms with Crippen LogP contribution in [0.2, 0.25) is 0 Å². The Morgan fingerprint density at radius 3 is 2.25 bits per heavy atom. The van der Waals surface area contributed by atoms with Crippen molar-refractivity contribution < 1.29 is 9.53 Å². The summed E-state index contributed by atoms with van der Waals surface area (Å²) in [4.78, 5) is 11.2. The van der Waals surface area contributed by atoms with Gasteiger partial charge in [-0.05, 0) is 18.6 Å². The predicted octanol–water partition coefficient (Wildman–Crippen LogP) is 3.99. The Morgan fingerprint density at radius 2 is 1.62 bits per heavy atom. The second kappa shape index (κ2) is 12.9. The first kappa shape index (κ1) is 15.8. The largest absolute Gasteiger partial charge is 0.466 e. The molecule has 0 saturated carbocycles. The fourth-order valence-electron chi connectivity index (χ4n) is 1.55. The van der Waals surface area contributed by atoms with Gasteiger partial charge in [-0.3, -0.25) is 4.79 Å². The number of ether oxygens (including phenoxy) is 1. The molecule has 0 fully saturated rings. The van der Waals surface area contributed by atoms with Crippen LogP contribution in [-0.4, -0.2) is 18.3 Å². The molecule has 0 aliphatic carbocycles. The molecule has 0 amide bonds. The van der Waals surface area contributed by atoms with Crippen LogP contribution >= 0.6 is 12.6 Å². The van der Waals surface area contributed by atoms with E-state index in [1.807, 2.05) is 0 Å². The molecule has 0 saturated heterocycles. The van der Waals surface area contributed by atoms with Crippen molar-refractivity contribution in [1.82, 2.24) is 0 Å². The zero-order chi connectivity index (χ0) is 12.1. The molecule has 2 nitrogen and oxygen atoms in total. The fourth-order valence-corrected chi connectivity index (χ4v) is 1.68. The van der Waals surface area contributed by atoms with Gasteiger partial charge in [-0.15, -0.1) is 0 Å². The first-order valence-corrected chi connectivity index (χ1v) is 7.21. The van der Waals surface area contributed by atoms with E-state index < -0.39 is 0 Å². The molecule has 0 aliphatic rings. The third-order valence-corrected chi connectivity index (χ3v) is 2.87. The fraction of sp³-hybridized carbons (Fsp3) is 0.923. The molecule has 0 aromatic rings. The van der Waals surface area contributed by atoms with Crippen molar-refractivity contribution in [2.24, 2.45) is 0 Å². The van der Waals surface area contributed by atoms with Gasteiger partial charge in [-0.1, -0.05) is 45.4 Å². The van der Waals surface area contributed by atoms with Gasteiger partial charge in [0.15, 0.2) is 0 Å². The maximum atomic E-state index is 11.2. The van der Waals surface area contributed by atoms with Crippen LogP contribution in [0.3, 0.4) is 0 Å². The standard InChI is InChI=1S/C13H26O2S/c1-2-3-4-5-6-7-8-10-13(14)15-11-9-12-16/h16H,2-12H2,1H3. The van der Waals surface area contributed by atoms with Crippen LogP contribution in [0.5, 0.6) is 0 Å². The Hall–Kier alpha value is -0.180. The second-order valence-electron chi connectivity index (χ2n) is 4.17. The zero-order valence-corrected chi connectivity index (χ0v) is 11.4. The van der Waals surface area contributed by atoms with Gasteiger partial charge >= 0.3 is 5.97 Å². The van der Waals surface area contributed by atoms with Crippen LogP contribution in [-0.2, 0) is 9.53 Å². The molecule has 0 aromatic heterocycles. The summed E-state index contributed by atoms with van der Waals surface area (Å²) in [6, 6.07) is 0. The summed E-state index contributed by atoms with van der Waals surface area (Å²) >= 11 is 4.06. The lowest BCUT2D eigenvalue weighted by atomic mass is 10.1. The van der Waals surface area contributed by atoms with Crippen molar-refractivity contribution in [3.8, 4) is 0 Å². The number of rotatable bonds is 11. The van der Waals surface area contributed by atoms with Gasteiger partial charge in [-0.2, -0.15) is 12.6 Å². The van der Waals surface area contributed by atoms with E-state index in [4.69, 9.17) is 4.74 Å². The van der Waals surface area contributed by atoms with Crippen LogP contribution in [0.15, 0.2) is 0 Å². The topological polar surface area (TPSA) is 26.3 Å². The van der Waals surface area contributed by atoms with E-state index in [2.05, 4.69) is 19.6 Å². The highest BCUT2D eigenvalue weighted by Gasteiger charge is 2.01. The summed E-state index contributed by atoms with van der Waals surface area (Å²) in [6.07, 6.45) is 10.1. The van der Waals surface area contributed by atoms with Crippen LogP contribution < -0.4 is 0 Å². The molecule has 0 radical (unpaired) electrons. The molecule has 0 rings (SSSR count). The summed E-state index contributed by atoms with van der Waals surface area (Å²) in [7, 11) is 0. The van der Waals surface area contributed by atoms with E-state index in [1.54, 1.807) is 0 Å². The number of carbonyl (C=O) groups is 1. The summed E-state index contributed by atoms with van der Waals surface area (Å²) < 4.78 is 5.04. The molecule has 0 spiro atoms. The predicted molar refractivity (Wildman–Crippen MR) is 72.0 cm³/mol. The van der Waals surface area contributed by atoms with E-state index in [0.29, 0.717) is 13.0 Å². The lowest BCUT2D eigenvalue weighted by Gasteiger charge is -2.03. The molecule has 0 aliphatic heterocycles. The van der Waals surface area contributed by atoms with Gasteiger partial charge in [0.25, 0.3) is 0 Å². The van der Waals surface area contributed by atoms with Crippen molar-refractivity contribution >= 4 is 18.6 Å². The number of unbranched alkanes of at least 4 members (excludes halogenated alkanes) is 6. The Morgan fingerprint density at radius 1 is 1.00 bits per heavy atom. The Bertz CT molecular complexity index is 160. The Labute approximate surface area is 106 Å². The van der Waals surface area contributed by atoms with Gasteiger partial charge in [0.05, 0.1) is 6.61 Å². The SMILES string of the molecule is CCCCCCCCCC(=O)OCCCS. The number of esters is 1. The number of hydrogen-bond donors (Lipinski definition) is 1. The average Bonchev–Trinajstić information content (AvgIpc) is 2.28. The molecule has 3 heteroatoms. The number of carbonyl (C=O) groups excluding carboxylic acids is 1. The van der Waals surface area contributed by atoms with E-state index >= 15 is 0 Å². The van der Waals surface area contributed by atoms with Crippen LogP contribution in [0.4, 0.5) is 0 Å². The highest BCUT2D eigenvalue weighted by molar-refractivity contribution is 7.80. The van der Waals surface area contributed by atoms with E-state index in [9.17, 15) is 4.79 Å².